The zero-order valence-electron chi connectivity index (χ0n) is 13.1. The van der Waals surface area contributed by atoms with Gasteiger partial charge in [-0.25, -0.2) is 8.78 Å². The van der Waals surface area contributed by atoms with Crippen molar-refractivity contribution in [3.63, 3.8) is 0 Å². The van der Waals surface area contributed by atoms with E-state index in [1.54, 1.807) is 20.8 Å². The van der Waals surface area contributed by atoms with Gasteiger partial charge in [0.05, 0.1) is 17.9 Å². The van der Waals surface area contributed by atoms with Gasteiger partial charge in [0.1, 0.15) is 29.0 Å². The van der Waals surface area contributed by atoms with Crippen LogP contribution in [-0.2, 0) is 6.54 Å². The Morgan fingerprint density at radius 2 is 1.83 bits per heavy atom. The SMILES string of the molecule is CCOc1cc(F)c(-c2cc(C)c(C#N)c(=O)n2CC)c(F)c1. The molecule has 0 saturated heterocycles. The second-order valence-electron chi connectivity index (χ2n) is 4.94. The van der Waals surface area contributed by atoms with E-state index < -0.39 is 17.2 Å². The molecule has 0 N–H and O–H groups in total. The number of pyridine rings is 1. The summed E-state index contributed by atoms with van der Waals surface area (Å²) < 4.78 is 35.1. The average Bonchev–Trinajstić information content (AvgIpc) is 2.47. The van der Waals surface area contributed by atoms with E-state index in [0.29, 0.717) is 5.56 Å². The van der Waals surface area contributed by atoms with Crippen LogP contribution in [0.5, 0.6) is 5.75 Å². The van der Waals surface area contributed by atoms with E-state index in [4.69, 9.17) is 10.00 Å². The summed E-state index contributed by atoms with van der Waals surface area (Å²) in [5.41, 5.74) is -0.406. The molecule has 0 bridgehead atoms. The molecule has 2 aromatic rings. The number of ether oxygens (including phenoxy) is 1. The molecule has 23 heavy (non-hydrogen) atoms. The second kappa shape index (κ2) is 6.61. The first-order chi connectivity index (χ1) is 10.9. The molecule has 0 aliphatic carbocycles. The minimum absolute atomic E-state index is 0.0256. The van der Waals surface area contributed by atoms with Gasteiger partial charge in [0.2, 0.25) is 0 Å². The summed E-state index contributed by atoms with van der Waals surface area (Å²) in [4.78, 5) is 12.3. The van der Waals surface area contributed by atoms with Crippen LogP contribution < -0.4 is 10.3 Å². The third kappa shape index (κ3) is 2.95. The van der Waals surface area contributed by atoms with Crippen LogP contribution in [0.1, 0.15) is 25.0 Å². The summed E-state index contributed by atoms with van der Waals surface area (Å²) in [6.45, 7) is 5.42. The number of aryl methyl sites for hydroxylation is 1. The van der Waals surface area contributed by atoms with E-state index in [1.807, 2.05) is 6.07 Å². The van der Waals surface area contributed by atoms with Crippen LogP contribution in [0.2, 0.25) is 0 Å². The molecule has 0 spiro atoms. The molecule has 1 aromatic heterocycles. The summed E-state index contributed by atoms with van der Waals surface area (Å²) in [5, 5.41) is 9.06. The van der Waals surface area contributed by atoms with Gasteiger partial charge in [-0.15, -0.1) is 0 Å². The van der Waals surface area contributed by atoms with Crippen molar-refractivity contribution in [2.45, 2.75) is 27.3 Å². The normalized spacial score (nSPS) is 10.4. The van der Waals surface area contributed by atoms with Crippen molar-refractivity contribution in [1.29, 1.82) is 5.26 Å². The van der Waals surface area contributed by atoms with Gasteiger partial charge in [0, 0.05) is 18.7 Å². The standard InChI is InChI=1S/C17H16F2N2O2/c1-4-21-15(6-10(3)12(9-20)17(21)22)16-13(18)7-11(23-5-2)8-14(16)19/h6-8H,4-5H2,1-3H3. The van der Waals surface area contributed by atoms with Gasteiger partial charge in [-0.2, -0.15) is 5.26 Å². The van der Waals surface area contributed by atoms with Gasteiger partial charge < -0.3 is 9.30 Å². The summed E-state index contributed by atoms with van der Waals surface area (Å²) in [5.74, 6) is -1.56. The molecule has 6 heteroatoms. The molecule has 0 atom stereocenters. The summed E-state index contributed by atoms with van der Waals surface area (Å²) in [7, 11) is 0. The first-order valence-corrected chi connectivity index (χ1v) is 7.21. The van der Waals surface area contributed by atoms with Crippen LogP contribution in [0.3, 0.4) is 0 Å². The molecule has 0 aliphatic heterocycles. The van der Waals surface area contributed by atoms with Gasteiger partial charge in [0.25, 0.3) is 5.56 Å². The van der Waals surface area contributed by atoms with Crippen LogP contribution in [-0.4, -0.2) is 11.2 Å². The average molecular weight is 318 g/mol. The monoisotopic (exact) mass is 318 g/mol. The molecular formula is C17H16F2N2O2. The zero-order valence-corrected chi connectivity index (χ0v) is 13.1. The van der Waals surface area contributed by atoms with Gasteiger partial charge in [-0.05, 0) is 32.4 Å². The Bertz CT molecular complexity index is 828. The largest absolute Gasteiger partial charge is 0.494 e. The minimum Gasteiger partial charge on any atom is -0.494 e. The number of aromatic nitrogens is 1. The Labute approximate surface area is 132 Å². The van der Waals surface area contributed by atoms with Gasteiger partial charge in [-0.3, -0.25) is 4.79 Å². The van der Waals surface area contributed by atoms with Crippen LogP contribution in [0.15, 0.2) is 23.0 Å². The van der Waals surface area contributed by atoms with Crippen molar-refractivity contribution < 1.29 is 13.5 Å². The molecule has 0 unspecified atom stereocenters. The van der Waals surface area contributed by atoms with E-state index in [0.717, 1.165) is 12.1 Å². The zero-order chi connectivity index (χ0) is 17.1. The van der Waals surface area contributed by atoms with Crippen LogP contribution in [0.25, 0.3) is 11.3 Å². The lowest BCUT2D eigenvalue weighted by Gasteiger charge is -2.15. The molecule has 2 rings (SSSR count). The smallest absolute Gasteiger partial charge is 0.269 e. The lowest BCUT2D eigenvalue weighted by atomic mass is 10.0. The van der Waals surface area contributed by atoms with Crippen LogP contribution in [0.4, 0.5) is 8.78 Å². The number of benzene rings is 1. The van der Waals surface area contributed by atoms with Crippen molar-refractivity contribution in [2.24, 2.45) is 0 Å². The van der Waals surface area contributed by atoms with E-state index >= 15 is 0 Å². The Hall–Kier alpha value is -2.68. The summed E-state index contributed by atoms with van der Waals surface area (Å²) >= 11 is 0. The molecule has 120 valence electrons. The fraction of sp³-hybridized carbons (Fsp3) is 0.294. The van der Waals surface area contributed by atoms with E-state index in [-0.39, 0.29) is 35.7 Å². The van der Waals surface area contributed by atoms with E-state index in [2.05, 4.69) is 0 Å². The third-order valence-electron chi connectivity index (χ3n) is 3.51. The molecule has 0 fully saturated rings. The molecule has 0 aliphatic rings. The number of nitriles is 1. The predicted octanol–water partition coefficient (Wildman–Crippen LogP) is 3.39. The van der Waals surface area contributed by atoms with Gasteiger partial charge >= 0.3 is 0 Å². The molecule has 1 aromatic carbocycles. The fourth-order valence-corrected chi connectivity index (χ4v) is 2.47. The number of rotatable bonds is 4. The van der Waals surface area contributed by atoms with Crippen molar-refractivity contribution in [2.75, 3.05) is 6.61 Å². The minimum atomic E-state index is -0.820. The highest BCUT2D eigenvalue weighted by Gasteiger charge is 2.20. The molecule has 1 heterocycles. The van der Waals surface area contributed by atoms with Crippen LogP contribution in [0, 0.1) is 29.9 Å². The molecule has 0 radical (unpaired) electrons. The number of hydrogen-bond donors (Lipinski definition) is 0. The fourth-order valence-electron chi connectivity index (χ4n) is 2.47. The van der Waals surface area contributed by atoms with Gasteiger partial charge in [0.15, 0.2) is 0 Å². The number of hydrogen-bond acceptors (Lipinski definition) is 3. The Balaban J connectivity index is 2.78. The van der Waals surface area contributed by atoms with Crippen LogP contribution >= 0.6 is 0 Å². The number of nitrogens with zero attached hydrogens (tertiary/aromatic N) is 2. The molecular weight excluding hydrogens is 302 g/mol. The quantitative estimate of drug-likeness (QED) is 0.868. The summed E-state index contributed by atoms with van der Waals surface area (Å²) in [6.07, 6.45) is 0. The highest BCUT2D eigenvalue weighted by molar-refractivity contribution is 5.64. The second-order valence-corrected chi connectivity index (χ2v) is 4.94. The predicted molar refractivity (Wildman–Crippen MR) is 82.3 cm³/mol. The highest BCUT2D eigenvalue weighted by Crippen LogP contribution is 2.30. The van der Waals surface area contributed by atoms with E-state index in [9.17, 15) is 13.6 Å². The van der Waals surface area contributed by atoms with Crippen molar-refractivity contribution >= 4 is 0 Å². The molecule has 4 nitrogen and oxygen atoms in total. The van der Waals surface area contributed by atoms with Crippen molar-refractivity contribution in [3.8, 4) is 23.1 Å². The van der Waals surface area contributed by atoms with Crippen molar-refractivity contribution in [1.82, 2.24) is 4.57 Å². The molecule has 0 amide bonds. The first kappa shape index (κ1) is 16.7. The first-order valence-electron chi connectivity index (χ1n) is 7.21. The maximum Gasteiger partial charge on any atom is 0.269 e. The number of halogens is 2. The molecule has 0 saturated carbocycles. The lowest BCUT2D eigenvalue weighted by molar-refractivity contribution is 0.336. The van der Waals surface area contributed by atoms with E-state index in [1.165, 1.54) is 10.6 Å². The summed E-state index contributed by atoms with van der Waals surface area (Å²) in [6, 6.07) is 5.45. The highest BCUT2D eigenvalue weighted by atomic mass is 19.1. The van der Waals surface area contributed by atoms with Crippen molar-refractivity contribution in [3.05, 3.63) is 51.3 Å². The third-order valence-corrected chi connectivity index (χ3v) is 3.51. The Morgan fingerprint density at radius 3 is 2.30 bits per heavy atom. The maximum absolute atomic E-state index is 14.4. The Morgan fingerprint density at radius 1 is 1.22 bits per heavy atom. The Kier molecular flexibility index (Phi) is 4.80. The maximum atomic E-state index is 14.4. The van der Waals surface area contributed by atoms with Gasteiger partial charge in [-0.1, -0.05) is 0 Å². The topological polar surface area (TPSA) is 55.0 Å². The lowest BCUT2D eigenvalue weighted by Crippen LogP contribution is -2.25.